The minimum Gasteiger partial charge on any atom is -0.481 e. The van der Waals surface area contributed by atoms with Gasteiger partial charge >= 0.3 is 0 Å². The first-order valence-corrected chi connectivity index (χ1v) is 5.88. The van der Waals surface area contributed by atoms with Crippen molar-refractivity contribution in [2.45, 2.75) is 25.9 Å². The lowest BCUT2D eigenvalue weighted by molar-refractivity contribution is -0.126. The molecule has 1 aliphatic rings. The molecule has 96 valence electrons. The minimum absolute atomic E-state index is 0.165. The number of fused-ring (bicyclic) bond motifs is 1. The van der Waals surface area contributed by atoms with Crippen LogP contribution in [0.25, 0.3) is 0 Å². The molecule has 0 saturated carbocycles. The molecule has 0 fully saturated rings. The summed E-state index contributed by atoms with van der Waals surface area (Å²) in [6.45, 7) is 1.70. The smallest absolute Gasteiger partial charge is 0.260 e. The number of rotatable bonds is 3. The number of amides is 1. The summed E-state index contributed by atoms with van der Waals surface area (Å²) in [5, 5.41) is 14.7. The number of nitrogens with one attached hydrogen (secondary N) is 1. The molecule has 5 heteroatoms. The van der Waals surface area contributed by atoms with E-state index in [9.17, 15) is 4.79 Å². The van der Waals surface area contributed by atoms with Crippen molar-refractivity contribution < 1.29 is 14.7 Å². The summed E-state index contributed by atoms with van der Waals surface area (Å²) >= 11 is 0. The van der Waals surface area contributed by atoms with Gasteiger partial charge in [-0.2, -0.15) is 0 Å². The molecule has 0 heterocycles. The second kappa shape index (κ2) is 5.08. The average Bonchev–Trinajstić information content (AvgIpc) is 2.81. The number of carbonyl (C=O) groups is 1. The number of likely N-dealkylation sites (N-methyl/N-ethyl adjacent to an activating group) is 1. The number of nitrogens with zero attached hydrogens (tertiary/aromatic N) is 1. The van der Waals surface area contributed by atoms with E-state index >= 15 is 0 Å². The number of benzene rings is 1. The van der Waals surface area contributed by atoms with Gasteiger partial charge in [-0.15, -0.1) is 0 Å². The van der Waals surface area contributed by atoms with E-state index in [1.54, 1.807) is 14.0 Å². The molecule has 0 saturated heterocycles. The van der Waals surface area contributed by atoms with Gasteiger partial charge in [0.25, 0.3) is 5.91 Å². The molecule has 0 aromatic heterocycles. The predicted octanol–water partition coefficient (Wildman–Crippen LogP) is 1.32. The Morgan fingerprint density at radius 1 is 1.50 bits per heavy atom. The van der Waals surface area contributed by atoms with Crippen molar-refractivity contribution in [1.82, 2.24) is 5.32 Å². The third kappa shape index (κ3) is 2.16. The van der Waals surface area contributed by atoms with E-state index < -0.39 is 6.10 Å². The molecule has 0 radical (unpaired) electrons. The Balaban J connectivity index is 2.26. The van der Waals surface area contributed by atoms with Gasteiger partial charge in [0, 0.05) is 18.2 Å². The molecule has 1 aromatic rings. The Hall–Kier alpha value is -2.04. The highest BCUT2D eigenvalue weighted by Gasteiger charge is 2.23. The summed E-state index contributed by atoms with van der Waals surface area (Å²) in [4.78, 5) is 11.4. The van der Waals surface area contributed by atoms with Gasteiger partial charge in [-0.05, 0) is 25.8 Å². The molecule has 2 rings (SSSR count). The summed E-state index contributed by atoms with van der Waals surface area (Å²) < 4.78 is 5.65. The van der Waals surface area contributed by atoms with Crippen LogP contribution in [-0.2, 0) is 11.2 Å². The zero-order valence-electron chi connectivity index (χ0n) is 10.4. The molecule has 18 heavy (non-hydrogen) atoms. The number of oxime groups is 1. The van der Waals surface area contributed by atoms with Crippen molar-refractivity contribution in [3.63, 3.8) is 0 Å². The Morgan fingerprint density at radius 3 is 2.94 bits per heavy atom. The number of ether oxygens (including phenoxy) is 1. The molecule has 1 atom stereocenters. The van der Waals surface area contributed by atoms with E-state index in [0.29, 0.717) is 17.9 Å². The third-order valence-corrected chi connectivity index (χ3v) is 3.10. The molecule has 0 bridgehead atoms. The van der Waals surface area contributed by atoms with Crippen LogP contribution >= 0.6 is 0 Å². The highest BCUT2D eigenvalue weighted by atomic mass is 16.5. The van der Waals surface area contributed by atoms with Gasteiger partial charge in [0.1, 0.15) is 5.75 Å². The Morgan fingerprint density at radius 2 is 2.28 bits per heavy atom. The maximum Gasteiger partial charge on any atom is 0.260 e. The van der Waals surface area contributed by atoms with Gasteiger partial charge in [-0.3, -0.25) is 4.79 Å². The second-order valence-electron chi connectivity index (χ2n) is 4.20. The monoisotopic (exact) mass is 248 g/mol. The molecule has 0 spiro atoms. The van der Waals surface area contributed by atoms with Crippen LogP contribution < -0.4 is 10.1 Å². The standard InChI is InChI=1S/C13H16N2O3/c1-8(13(16)14-2)18-12-5-3-4-9-10(12)6-7-11(9)15-17/h3-5,8,17H,6-7H2,1-2H3,(H,14,16). The first-order valence-electron chi connectivity index (χ1n) is 5.88. The summed E-state index contributed by atoms with van der Waals surface area (Å²) in [7, 11) is 1.58. The van der Waals surface area contributed by atoms with Gasteiger partial charge in [-0.1, -0.05) is 17.3 Å². The molecule has 2 N–H and O–H groups in total. The molecule has 1 unspecified atom stereocenters. The summed E-state index contributed by atoms with van der Waals surface area (Å²) in [5.41, 5.74) is 2.57. The van der Waals surface area contributed by atoms with Crippen molar-refractivity contribution in [2.75, 3.05) is 7.05 Å². The van der Waals surface area contributed by atoms with Gasteiger partial charge in [0.05, 0.1) is 5.71 Å². The second-order valence-corrected chi connectivity index (χ2v) is 4.20. The van der Waals surface area contributed by atoms with Crippen LogP contribution in [0.15, 0.2) is 23.4 Å². The number of carbonyl (C=O) groups excluding carboxylic acids is 1. The van der Waals surface area contributed by atoms with Crippen molar-refractivity contribution in [3.8, 4) is 5.75 Å². The Bertz CT molecular complexity index is 497. The average molecular weight is 248 g/mol. The molecular formula is C13H16N2O3. The SMILES string of the molecule is CNC(=O)C(C)Oc1cccc2c1CCC2=NO. The fraction of sp³-hybridized carbons (Fsp3) is 0.385. The van der Waals surface area contributed by atoms with Crippen LogP contribution in [0.3, 0.4) is 0 Å². The predicted molar refractivity (Wildman–Crippen MR) is 67.2 cm³/mol. The third-order valence-electron chi connectivity index (χ3n) is 3.10. The molecule has 1 amide bonds. The maximum absolute atomic E-state index is 11.4. The lowest BCUT2D eigenvalue weighted by Gasteiger charge is -2.15. The van der Waals surface area contributed by atoms with Gasteiger partial charge in [0.2, 0.25) is 0 Å². The largest absolute Gasteiger partial charge is 0.481 e. The van der Waals surface area contributed by atoms with Crippen LogP contribution in [0.4, 0.5) is 0 Å². The zero-order valence-corrected chi connectivity index (χ0v) is 10.4. The number of hydrogen-bond acceptors (Lipinski definition) is 4. The van der Waals surface area contributed by atoms with E-state index in [0.717, 1.165) is 17.5 Å². The van der Waals surface area contributed by atoms with Crippen molar-refractivity contribution in [3.05, 3.63) is 29.3 Å². The topological polar surface area (TPSA) is 70.9 Å². The van der Waals surface area contributed by atoms with Gasteiger partial charge < -0.3 is 15.3 Å². The summed E-state index contributed by atoms with van der Waals surface area (Å²) in [5.74, 6) is 0.517. The lowest BCUT2D eigenvalue weighted by Crippen LogP contribution is -2.33. The van der Waals surface area contributed by atoms with Crippen LogP contribution in [-0.4, -0.2) is 30.0 Å². The fourth-order valence-corrected chi connectivity index (χ4v) is 2.13. The minimum atomic E-state index is -0.545. The van der Waals surface area contributed by atoms with Crippen LogP contribution in [0.5, 0.6) is 5.75 Å². The molecule has 5 nitrogen and oxygen atoms in total. The van der Waals surface area contributed by atoms with E-state index in [1.807, 2.05) is 18.2 Å². The molecule has 1 aromatic carbocycles. The molecular weight excluding hydrogens is 232 g/mol. The van der Waals surface area contributed by atoms with Crippen molar-refractivity contribution in [1.29, 1.82) is 0 Å². The highest BCUT2D eigenvalue weighted by molar-refractivity contribution is 6.04. The van der Waals surface area contributed by atoms with Crippen molar-refractivity contribution >= 4 is 11.6 Å². The Labute approximate surface area is 105 Å². The van der Waals surface area contributed by atoms with Crippen molar-refractivity contribution in [2.24, 2.45) is 5.16 Å². The normalized spacial score (nSPS) is 17.3. The summed E-state index contributed by atoms with van der Waals surface area (Å²) in [6, 6.07) is 5.56. The van der Waals surface area contributed by atoms with E-state index in [4.69, 9.17) is 9.94 Å². The first-order chi connectivity index (χ1) is 8.67. The Kier molecular flexibility index (Phi) is 3.50. The first kappa shape index (κ1) is 12.4. The lowest BCUT2D eigenvalue weighted by atomic mass is 10.1. The quantitative estimate of drug-likeness (QED) is 0.626. The zero-order chi connectivity index (χ0) is 13.1. The van der Waals surface area contributed by atoms with Gasteiger partial charge in [-0.25, -0.2) is 0 Å². The molecule has 0 aliphatic heterocycles. The maximum atomic E-state index is 11.4. The number of hydrogen-bond donors (Lipinski definition) is 2. The van der Waals surface area contributed by atoms with E-state index in [1.165, 1.54) is 0 Å². The van der Waals surface area contributed by atoms with E-state index in [2.05, 4.69) is 10.5 Å². The fourth-order valence-electron chi connectivity index (χ4n) is 2.13. The molecule has 1 aliphatic carbocycles. The van der Waals surface area contributed by atoms with Crippen LogP contribution in [0.2, 0.25) is 0 Å². The van der Waals surface area contributed by atoms with E-state index in [-0.39, 0.29) is 5.91 Å². The van der Waals surface area contributed by atoms with Crippen LogP contribution in [0.1, 0.15) is 24.5 Å². The van der Waals surface area contributed by atoms with Crippen LogP contribution in [0, 0.1) is 0 Å². The summed E-state index contributed by atoms with van der Waals surface area (Å²) in [6.07, 6.45) is 0.919. The highest BCUT2D eigenvalue weighted by Crippen LogP contribution is 2.31. The van der Waals surface area contributed by atoms with Gasteiger partial charge in [0.15, 0.2) is 6.10 Å².